The zero-order valence-electron chi connectivity index (χ0n) is 15.8. The van der Waals surface area contributed by atoms with Crippen molar-refractivity contribution in [2.75, 3.05) is 20.2 Å². The highest BCUT2D eigenvalue weighted by atomic mass is 127. The Hall–Kier alpha value is -1.86. The largest absolute Gasteiger partial charge is 0.549 e. The summed E-state index contributed by atoms with van der Waals surface area (Å²) >= 11 is 2.32. The van der Waals surface area contributed by atoms with Gasteiger partial charge in [0.25, 0.3) is 0 Å². The van der Waals surface area contributed by atoms with Crippen LogP contribution in [0.5, 0.6) is 5.75 Å². The lowest BCUT2D eigenvalue weighted by Crippen LogP contribution is -2.52. The van der Waals surface area contributed by atoms with Gasteiger partial charge in [0.05, 0.1) is 13.1 Å². The van der Waals surface area contributed by atoms with E-state index in [0.29, 0.717) is 13.0 Å². The van der Waals surface area contributed by atoms with Crippen molar-refractivity contribution < 1.29 is 14.6 Å². The highest BCUT2D eigenvalue weighted by molar-refractivity contribution is 14.1. The molecule has 0 bridgehead atoms. The molecule has 1 heterocycles. The van der Waals surface area contributed by atoms with Gasteiger partial charge in [-0.2, -0.15) is 0 Å². The van der Waals surface area contributed by atoms with Gasteiger partial charge in [0, 0.05) is 36.9 Å². The molecule has 0 radical (unpaired) electrons. The number of nitrogens with zero attached hydrogens (tertiary/aromatic N) is 1. The van der Waals surface area contributed by atoms with E-state index in [1.807, 2.05) is 42.5 Å². The normalized spacial score (nSPS) is 27.1. The predicted octanol–water partition coefficient (Wildman–Crippen LogP) is 3.37. The van der Waals surface area contributed by atoms with Crippen LogP contribution >= 0.6 is 22.6 Å². The second-order valence-corrected chi connectivity index (χ2v) is 8.90. The van der Waals surface area contributed by atoms with Crippen molar-refractivity contribution in [3.05, 3.63) is 75.4 Å². The molecule has 2 aromatic rings. The van der Waals surface area contributed by atoms with Crippen LogP contribution in [-0.4, -0.2) is 31.1 Å². The van der Waals surface area contributed by atoms with E-state index in [1.165, 1.54) is 5.56 Å². The molecule has 0 amide bonds. The standard InChI is InChI=1S/C23H24INO3/c1-28-21-10-6-5-9-17(21)18-11-12-20(24)19-14-25(15-23(18,19)22(26)27)13-16-7-3-2-4-8-16/h2-10,12,18-19H,11,13-15H2,1H3,(H,26,27)/p-1. The molecule has 4 rings (SSSR count). The van der Waals surface area contributed by atoms with E-state index in [-0.39, 0.29) is 11.8 Å². The Bertz CT molecular complexity index is 898. The average molecular weight is 488 g/mol. The summed E-state index contributed by atoms with van der Waals surface area (Å²) in [6, 6.07) is 18.0. The molecule has 0 spiro atoms. The van der Waals surface area contributed by atoms with E-state index in [4.69, 9.17) is 4.74 Å². The lowest BCUT2D eigenvalue weighted by molar-refractivity contribution is -0.321. The number of hydrogen-bond donors (Lipinski definition) is 0. The zero-order chi connectivity index (χ0) is 19.7. The molecule has 0 saturated carbocycles. The van der Waals surface area contributed by atoms with E-state index in [9.17, 15) is 9.90 Å². The molecule has 2 aliphatic rings. The zero-order valence-corrected chi connectivity index (χ0v) is 18.0. The van der Waals surface area contributed by atoms with E-state index in [0.717, 1.165) is 28.0 Å². The van der Waals surface area contributed by atoms with Crippen LogP contribution in [-0.2, 0) is 11.3 Å². The first kappa shape index (κ1) is 19.5. The van der Waals surface area contributed by atoms with Gasteiger partial charge in [-0.1, -0.05) is 54.6 Å². The van der Waals surface area contributed by atoms with E-state index < -0.39 is 11.4 Å². The number of aliphatic carboxylic acids is 1. The van der Waals surface area contributed by atoms with Gasteiger partial charge < -0.3 is 14.6 Å². The van der Waals surface area contributed by atoms with Crippen LogP contribution in [0.1, 0.15) is 23.5 Å². The monoisotopic (exact) mass is 488 g/mol. The fraction of sp³-hybridized carbons (Fsp3) is 0.348. The third-order valence-electron chi connectivity index (χ3n) is 6.19. The summed E-state index contributed by atoms with van der Waals surface area (Å²) in [4.78, 5) is 14.9. The lowest BCUT2D eigenvalue weighted by Gasteiger charge is -2.45. The topological polar surface area (TPSA) is 52.6 Å². The number of methoxy groups -OCH3 is 1. The number of carbonyl (C=O) groups is 1. The number of allylic oxidation sites excluding steroid dienone is 1. The lowest BCUT2D eigenvalue weighted by atomic mass is 9.62. The first-order chi connectivity index (χ1) is 13.6. The molecule has 146 valence electrons. The summed E-state index contributed by atoms with van der Waals surface area (Å²) in [5.74, 6) is -0.437. The fourth-order valence-corrected chi connectivity index (χ4v) is 5.91. The van der Waals surface area contributed by atoms with Crippen LogP contribution in [0.15, 0.2) is 64.3 Å². The van der Waals surface area contributed by atoms with Gasteiger partial charge in [0.2, 0.25) is 0 Å². The Morgan fingerprint density at radius 1 is 1.18 bits per heavy atom. The van der Waals surface area contributed by atoms with Crippen molar-refractivity contribution in [3.63, 3.8) is 0 Å². The predicted molar refractivity (Wildman–Crippen MR) is 115 cm³/mol. The Balaban J connectivity index is 1.74. The van der Waals surface area contributed by atoms with Gasteiger partial charge >= 0.3 is 0 Å². The van der Waals surface area contributed by atoms with Crippen LogP contribution in [0.25, 0.3) is 0 Å². The van der Waals surface area contributed by atoms with Crippen LogP contribution in [0, 0.1) is 11.3 Å². The molecule has 2 aromatic carbocycles. The number of carboxylic acids is 1. The van der Waals surface area contributed by atoms with E-state index >= 15 is 0 Å². The highest BCUT2D eigenvalue weighted by Crippen LogP contribution is 2.57. The third-order valence-corrected chi connectivity index (χ3v) is 7.39. The van der Waals surface area contributed by atoms with Crippen molar-refractivity contribution in [1.29, 1.82) is 0 Å². The second kappa shape index (κ2) is 7.87. The molecule has 0 N–H and O–H groups in total. The van der Waals surface area contributed by atoms with Crippen LogP contribution < -0.4 is 9.84 Å². The number of halogens is 1. The molecule has 5 heteroatoms. The maximum absolute atomic E-state index is 12.7. The van der Waals surface area contributed by atoms with Gasteiger partial charge in [-0.25, -0.2) is 0 Å². The molecule has 0 aromatic heterocycles. The molecule has 1 aliphatic heterocycles. The smallest absolute Gasteiger partial charge is 0.122 e. The first-order valence-corrected chi connectivity index (χ1v) is 10.6. The second-order valence-electron chi connectivity index (χ2n) is 7.65. The minimum Gasteiger partial charge on any atom is -0.549 e. The first-order valence-electron chi connectivity index (χ1n) is 9.52. The van der Waals surface area contributed by atoms with Crippen LogP contribution in [0.4, 0.5) is 0 Å². The third kappa shape index (κ3) is 3.24. The number of likely N-dealkylation sites (tertiary alicyclic amines) is 1. The quantitative estimate of drug-likeness (QED) is 0.606. The van der Waals surface area contributed by atoms with Gasteiger partial charge in [-0.05, 0) is 49.8 Å². The Morgan fingerprint density at radius 2 is 1.89 bits per heavy atom. The number of rotatable bonds is 5. The Kier molecular flexibility index (Phi) is 5.47. The number of carboxylic acid groups (broad SMARTS) is 1. The molecule has 4 nitrogen and oxygen atoms in total. The van der Waals surface area contributed by atoms with Crippen LogP contribution in [0.2, 0.25) is 0 Å². The molecule has 3 atom stereocenters. The Labute approximate surface area is 179 Å². The number of fused-ring (bicyclic) bond motifs is 1. The summed E-state index contributed by atoms with van der Waals surface area (Å²) in [6.07, 6.45) is 2.87. The van der Waals surface area contributed by atoms with Gasteiger partial charge in [0.15, 0.2) is 0 Å². The van der Waals surface area contributed by atoms with Crippen molar-refractivity contribution in [1.82, 2.24) is 4.90 Å². The van der Waals surface area contributed by atoms with Crippen LogP contribution in [0.3, 0.4) is 0 Å². The van der Waals surface area contributed by atoms with Gasteiger partial charge in [-0.15, -0.1) is 0 Å². The molecule has 28 heavy (non-hydrogen) atoms. The summed E-state index contributed by atoms with van der Waals surface area (Å²) in [6.45, 7) is 1.95. The minimum atomic E-state index is -0.953. The van der Waals surface area contributed by atoms with E-state index in [2.05, 4.69) is 45.7 Å². The number of benzene rings is 2. The molecule has 3 unspecified atom stereocenters. The maximum Gasteiger partial charge on any atom is 0.122 e. The number of ether oxygens (including phenoxy) is 1. The number of para-hydroxylation sites is 1. The van der Waals surface area contributed by atoms with Crippen molar-refractivity contribution in [2.45, 2.75) is 18.9 Å². The fourth-order valence-electron chi connectivity index (χ4n) is 4.91. The average Bonchev–Trinajstić information content (AvgIpc) is 3.10. The van der Waals surface area contributed by atoms with Crippen molar-refractivity contribution >= 4 is 28.6 Å². The summed E-state index contributed by atoms with van der Waals surface area (Å²) in [5.41, 5.74) is 1.21. The van der Waals surface area contributed by atoms with Crippen molar-refractivity contribution in [2.24, 2.45) is 11.3 Å². The number of hydrogen-bond acceptors (Lipinski definition) is 4. The SMILES string of the molecule is COc1ccccc1C1CC=C(I)C2CN(Cc3ccccc3)CC21C(=O)[O-]. The summed E-state index contributed by atoms with van der Waals surface area (Å²) in [5, 5.41) is 12.7. The Morgan fingerprint density at radius 3 is 2.61 bits per heavy atom. The molecule has 1 saturated heterocycles. The molecular weight excluding hydrogens is 465 g/mol. The van der Waals surface area contributed by atoms with Crippen molar-refractivity contribution in [3.8, 4) is 5.75 Å². The number of carbonyl (C=O) groups excluding carboxylic acids is 1. The molecular formula is C23H23INO3-. The van der Waals surface area contributed by atoms with Gasteiger partial charge in [0.1, 0.15) is 5.75 Å². The minimum absolute atomic E-state index is 0.0644. The maximum atomic E-state index is 12.7. The van der Waals surface area contributed by atoms with E-state index in [1.54, 1.807) is 7.11 Å². The summed E-state index contributed by atoms with van der Waals surface area (Å²) in [7, 11) is 1.64. The summed E-state index contributed by atoms with van der Waals surface area (Å²) < 4.78 is 6.70. The molecule has 1 fully saturated rings. The van der Waals surface area contributed by atoms with Gasteiger partial charge in [-0.3, -0.25) is 4.90 Å². The highest BCUT2D eigenvalue weighted by Gasteiger charge is 2.55. The molecule has 1 aliphatic carbocycles.